The highest BCUT2D eigenvalue weighted by Gasteiger charge is 2.31. The number of benzene rings is 3. The van der Waals surface area contributed by atoms with Gasteiger partial charge in [0.05, 0.1) is 11.1 Å². The number of nitrogens with zero attached hydrogens (tertiary/aromatic N) is 6. The van der Waals surface area contributed by atoms with Crippen LogP contribution in [0.4, 0.5) is 5.69 Å². The van der Waals surface area contributed by atoms with E-state index in [1.807, 2.05) is 29.2 Å². The summed E-state index contributed by atoms with van der Waals surface area (Å²) in [4.78, 5) is 62.9. The van der Waals surface area contributed by atoms with Crippen molar-refractivity contribution in [3.05, 3.63) is 118 Å². The molecule has 2 aliphatic rings. The van der Waals surface area contributed by atoms with Gasteiger partial charge in [0.1, 0.15) is 24.3 Å². The zero-order valence-corrected chi connectivity index (χ0v) is 27.4. The molecule has 2 aromatic heterocycles. The van der Waals surface area contributed by atoms with E-state index in [4.69, 9.17) is 16.0 Å². The SMILES string of the molecule is O=C(N[C@H](Cc1ccc(Cl)cc1)C(=O)N1CCN(c2ccccc2CN2CCCC2=O)CC1)c1cc(=O)c2cc(-n3cncn3)ccc2o1. The lowest BCUT2D eigenvalue weighted by molar-refractivity contribution is -0.133. The van der Waals surface area contributed by atoms with E-state index < -0.39 is 17.4 Å². The van der Waals surface area contributed by atoms with E-state index in [2.05, 4.69) is 32.4 Å². The van der Waals surface area contributed by atoms with E-state index in [-0.39, 0.29) is 35.0 Å². The number of hydrogen-bond donors (Lipinski definition) is 1. The summed E-state index contributed by atoms with van der Waals surface area (Å²) in [6.07, 6.45) is 4.60. The van der Waals surface area contributed by atoms with Gasteiger partial charge in [-0.25, -0.2) is 9.67 Å². The first kappa shape index (κ1) is 32.1. The highest BCUT2D eigenvalue weighted by Crippen LogP contribution is 2.26. The normalized spacial score (nSPS) is 15.5. The Labute approximate surface area is 286 Å². The Morgan fingerprint density at radius 2 is 1.73 bits per heavy atom. The van der Waals surface area contributed by atoms with E-state index in [9.17, 15) is 19.2 Å². The van der Waals surface area contributed by atoms with Crippen molar-refractivity contribution in [3.63, 3.8) is 0 Å². The number of rotatable bonds is 9. The first-order chi connectivity index (χ1) is 23.8. The highest BCUT2D eigenvalue weighted by molar-refractivity contribution is 6.30. The average molecular weight is 680 g/mol. The molecular formula is C36H34ClN7O5. The van der Waals surface area contributed by atoms with Crippen LogP contribution >= 0.6 is 11.6 Å². The molecule has 1 atom stereocenters. The molecule has 250 valence electrons. The predicted octanol–water partition coefficient (Wildman–Crippen LogP) is 3.84. The number of piperazine rings is 1. The zero-order valence-electron chi connectivity index (χ0n) is 26.6. The Hall–Kier alpha value is -5.49. The number of nitrogens with one attached hydrogen (secondary N) is 1. The van der Waals surface area contributed by atoms with Crippen LogP contribution in [-0.4, -0.2) is 81.1 Å². The molecule has 2 aliphatic heterocycles. The molecule has 5 aromatic rings. The van der Waals surface area contributed by atoms with Gasteiger partial charge in [0.25, 0.3) is 5.91 Å². The van der Waals surface area contributed by atoms with Crippen molar-refractivity contribution in [3.8, 4) is 5.69 Å². The largest absolute Gasteiger partial charge is 0.451 e. The third-order valence-electron chi connectivity index (χ3n) is 9.03. The molecule has 2 fully saturated rings. The molecule has 3 amide bonds. The number of halogens is 1. The molecule has 0 radical (unpaired) electrons. The molecule has 0 bridgehead atoms. The maximum atomic E-state index is 14.1. The topological polar surface area (TPSA) is 134 Å². The van der Waals surface area contributed by atoms with Gasteiger partial charge in [-0.2, -0.15) is 5.10 Å². The van der Waals surface area contributed by atoms with Gasteiger partial charge in [-0.05, 0) is 53.9 Å². The maximum absolute atomic E-state index is 14.1. The molecule has 2 saturated heterocycles. The van der Waals surface area contributed by atoms with E-state index in [0.29, 0.717) is 49.9 Å². The van der Waals surface area contributed by atoms with Crippen molar-refractivity contribution >= 4 is 46.0 Å². The second kappa shape index (κ2) is 13.9. The average Bonchev–Trinajstić information content (AvgIpc) is 3.81. The fourth-order valence-electron chi connectivity index (χ4n) is 6.44. The molecule has 0 unspecified atom stereocenters. The summed E-state index contributed by atoms with van der Waals surface area (Å²) >= 11 is 6.11. The third-order valence-corrected chi connectivity index (χ3v) is 9.28. The smallest absolute Gasteiger partial charge is 0.287 e. The monoisotopic (exact) mass is 679 g/mol. The first-order valence-corrected chi connectivity index (χ1v) is 16.6. The van der Waals surface area contributed by atoms with Gasteiger partial charge in [-0.15, -0.1) is 0 Å². The Morgan fingerprint density at radius 3 is 2.47 bits per heavy atom. The zero-order chi connectivity index (χ0) is 33.9. The summed E-state index contributed by atoms with van der Waals surface area (Å²) in [5, 5.41) is 7.78. The maximum Gasteiger partial charge on any atom is 0.287 e. The van der Waals surface area contributed by atoms with Crippen LogP contribution in [0.15, 0.2) is 94.7 Å². The van der Waals surface area contributed by atoms with E-state index in [1.165, 1.54) is 17.3 Å². The van der Waals surface area contributed by atoms with Gasteiger partial charge in [-0.1, -0.05) is 41.9 Å². The third kappa shape index (κ3) is 7.05. The molecular weight excluding hydrogens is 646 g/mol. The quantitative estimate of drug-likeness (QED) is 0.249. The molecule has 0 aliphatic carbocycles. The molecule has 4 heterocycles. The summed E-state index contributed by atoms with van der Waals surface area (Å²) in [5.41, 5.74) is 3.39. The van der Waals surface area contributed by atoms with E-state index in [1.54, 1.807) is 35.2 Å². The van der Waals surface area contributed by atoms with Gasteiger partial charge in [0, 0.05) is 68.9 Å². The van der Waals surface area contributed by atoms with Crippen LogP contribution in [0.2, 0.25) is 5.02 Å². The second-order valence-corrected chi connectivity index (χ2v) is 12.6. The lowest BCUT2D eigenvalue weighted by Gasteiger charge is -2.38. The molecule has 0 spiro atoms. The number of carbonyl (C=O) groups is 3. The van der Waals surface area contributed by atoms with Crippen LogP contribution in [0.3, 0.4) is 0 Å². The Bertz CT molecular complexity index is 2060. The molecule has 49 heavy (non-hydrogen) atoms. The fraction of sp³-hybridized carbons (Fsp3) is 0.278. The van der Waals surface area contributed by atoms with Crippen LogP contribution in [0, 0.1) is 0 Å². The number of anilines is 1. The van der Waals surface area contributed by atoms with Gasteiger partial charge in [-0.3, -0.25) is 19.2 Å². The summed E-state index contributed by atoms with van der Waals surface area (Å²) in [6, 6.07) is 20.3. The summed E-state index contributed by atoms with van der Waals surface area (Å²) in [6.45, 7) is 3.41. The van der Waals surface area contributed by atoms with Crippen molar-refractivity contribution in [1.82, 2.24) is 29.9 Å². The van der Waals surface area contributed by atoms with Gasteiger partial charge < -0.3 is 24.4 Å². The number of likely N-dealkylation sites (tertiary alicyclic amines) is 1. The lowest BCUT2D eigenvalue weighted by atomic mass is 10.0. The number of aromatic nitrogens is 3. The minimum atomic E-state index is -0.926. The second-order valence-electron chi connectivity index (χ2n) is 12.2. The highest BCUT2D eigenvalue weighted by atomic mass is 35.5. The summed E-state index contributed by atoms with van der Waals surface area (Å²) < 4.78 is 7.38. The molecule has 3 aromatic carbocycles. The van der Waals surface area contributed by atoms with Crippen molar-refractivity contribution in [1.29, 1.82) is 0 Å². The Balaban J connectivity index is 1.08. The minimum absolute atomic E-state index is 0.180. The van der Waals surface area contributed by atoms with E-state index in [0.717, 1.165) is 35.8 Å². The molecule has 7 rings (SSSR count). The van der Waals surface area contributed by atoms with Crippen molar-refractivity contribution in [2.75, 3.05) is 37.6 Å². The van der Waals surface area contributed by atoms with E-state index >= 15 is 0 Å². The minimum Gasteiger partial charge on any atom is -0.451 e. The van der Waals surface area contributed by atoms with Crippen LogP contribution in [0.25, 0.3) is 16.7 Å². The van der Waals surface area contributed by atoms with Crippen molar-refractivity contribution in [2.45, 2.75) is 31.8 Å². The van der Waals surface area contributed by atoms with Gasteiger partial charge >= 0.3 is 0 Å². The molecule has 12 nitrogen and oxygen atoms in total. The fourth-order valence-corrected chi connectivity index (χ4v) is 6.57. The lowest BCUT2D eigenvalue weighted by Crippen LogP contribution is -2.55. The van der Waals surface area contributed by atoms with Crippen LogP contribution in [-0.2, 0) is 22.6 Å². The number of hydrogen-bond acceptors (Lipinski definition) is 8. The molecule has 0 saturated carbocycles. The number of carbonyl (C=O) groups excluding carboxylic acids is 3. The Morgan fingerprint density at radius 1 is 0.939 bits per heavy atom. The number of fused-ring (bicyclic) bond motifs is 1. The summed E-state index contributed by atoms with van der Waals surface area (Å²) in [7, 11) is 0. The first-order valence-electron chi connectivity index (χ1n) is 16.2. The van der Waals surface area contributed by atoms with Gasteiger partial charge in [0.2, 0.25) is 11.8 Å². The summed E-state index contributed by atoms with van der Waals surface area (Å²) in [5.74, 6) is -0.924. The molecule has 1 N–H and O–H groups in total. The standard InChI is InChI=1S/C36H34ClN7O5/c37-26-9-7-24(8-10-26)18-29(40-35(47)33-20-31(45)28-19-27(11-12-32(28)49-33)44-23-38-22-39-44)36(48)42-16-14-41(15-17-42)30-5-2-1-4-25(30)21-43-13-3-6-34(43)46/h1-2,4-5,7-12,19-20,22-23,29H,3,6,13-18,21H2,(H,40,47)/t29-/m1/s1. The molecule has 13 heteroatoms. The van der Waals surface area contributed by atoms with Crippen LogP contribution in [0.5, 0.6) is 0 Å². The van der Waals surface area contributed by atoms with Crippen LogP contribution < -0.4 is 15.6 Å². The predicted molar refractivity (Wildman–Crippen MR) is 184 cm³/mol. The van der Waals surface area contributed by atoms with Gasteiger partial charge in [0.15, 0.2) is 11.2 Å². The van der Waals surface area contributed by atoms with Crippen molar-refractivity contribution in [2.24, 2.45) is 0 Å². The number of amides is 3. The van der Waals surface area contributed by atoms with Crippen molar-refractivity contribution < 1.29 is 18.8 Å². The number of para-hydroxylation sites is 1. The Kier molecular flexibility index (Phi) is 9.12. The van der Waals surface area contributed by atoms with Crippen LogP contribution in [0.1, 0.15) is 34.5 Å².